The van der Waals surface area contributed by atoms with Crippen LogP contribution in [0.1, 0.15) is 63.4 Å². The van der Waals surface area contributed by atoms with Crippen molar-refractivity contribution < 1.29 is 29.4 Å². The molecule has 0 saturated heterocycles. The average Bonchev–Trinajstić information content (AvgIpc) is 2.92. The van der Waals surface area contributed by atoms with Gasteiger partial charge >= 0.3 is 5.97 Å². The summed E-state index contributed by atoms with van der Waals surface area (Å²) in [6.45, 7) is 1.29. The number of hydrogen-bond donors (Lipinski definition) is 9. The number of carboxylic acid groups (broad SMARTS) is 1. The van der Waals surface area contributed by atoms with E-state index in [1.165, 1.54) is 12.1 Å². The highest BCUT2D eigenvalue weighted by Crippen LogP contribution is 2.13. The van der Waals surface area contributed by atoms with Gasteiger partial charge in [0.25, 0.3) is 0 Å². The van der Waals surface area contributed by atoms with Crippen molar-refractivity contribution in [2.75, 3.05) is 19.6 Å². The van der Waals surface area contributed by atoms with Gasteiger partial charge in [0.1, 0.15) is 23.9 Å². The van der Waals surface area contributed by atoms with E-state index in [1.54, 1.807) is 12.1 Å². The third-order valence-corrected chi connectivity index (χ3v) is 6.46. The van der Waals surface area contributed by atoms with Crippen LogP contribution in [0.2, 0.25) is 0 Å². The van der Waals surface area contributed by atoms with Gasteiger partial charge in [0, 0.05) is 6.42 Å². The lowest BCUT2D eigenvalue weighted by atomic mass is 10.0. The highest BCUT2D eigenvalue weighted by molar-refractivity contribution is 5.94. The number of carbonyl (C=O) groups is 4. The summed E-state index contributed by atoms with van der Waals surface area (Å²) in [7, 11) is 0. The van der Waals surface area contributed by atoms with Gasteiger partial charge in [-0.1, -0.05) is 18.6 Å². The lowest BCUT2D eigenvalue weighted by molar-refractivity contribution is -0.142. The number of nitrogens with one attached hydrogen (secondary N) is 3. The fraction of sp³-hybridized carbons (Fsp3) is 0.630. The molecule has 0 heterocycles. The summed E-state index contributed by atoms with van der Waals surface area (Å²) in [6, 6.07) is 1.97. The zero-order chi connectivity index (χ0) is 29.9. The number of rotatable bonds is 21. The number of phenolic OH excluding ortho intramolecular Hbond substituents is 1. The highest BCUT2D eigenvalue weighted by Gasteiger charge is 2.30. The molecule has 1 aromatic rings. The molecule has 0 saturated carbocycles. The normalized spacial score (nSPS) is 14.0. The molecule has 0 spiro atoms. The molecule has 0 aromatic heterocycles. The van der Waals surface area contributed by atoms with Crippen LogP contribution in [-0.2, 0) is 25.6 Å². The van der Waals surface area contributed by atoms with Gasteiger partial charge in [-0.05, 0) is 88.7 Å². The van der Waals surface area contributed by atoms with Crippen molar-refractivity contribution in [1.29, 1.82) is 0 Å². The van der Waals surface area contributed by atoms with Gasteiger partial charge < -0.3 is 49.1 Å². The molecule has 13 nitrogen and oxygen atoms in total. The smallest absolute Gasteiger partial charge is 0.326 e. The predicted molar refractivity (Wildman–Crippen MR) is 152 cm³/mol. The topological polar surface area (TPSA) is 249 Å². The van der Waals surface area contributed by atoms with Crippen LogP contribution in [0.3, 0.4) is 0 Å². The average molecular weight is 566 g/mol. The minimum atomic E-state index is -1.20. The first kappa shape index (κ1) is 34.8. The minimum absolute atomic E-state index is 0.0229. The lowest BCUT2D eigenvalue weighted by Crippen LogP contribution is -2.57. The second kappa shape index (κ2) is 19.7. The van der Waals surface area contributed by atoms with Gasteiger partial charge in [-0.2, -0.15) is 0 Å². The molecular weight excluding hydrogens is 518 g/mol. The molecule has 0 aliphatic carbocycles. The first-order valence-corrected chi connectivity index (χ1v) is 13.9. The van der Waals surface area contributed by atoms with Crippen LogP contribution in [0.5, 0.6) is 5.75 Å². The molecule has 0 radical (unpaired) electrons. The number of aliphatic carboxylic acids is 1. The van der Waals surface area contributed by atoms with Crippen molar-refractivity contribution in [2.45, 2.75) is 88.4 Å². The van der Waals surface area contributed by atoms with Crippen LogP contribution in [0.25, 0.3) is 0 Å². The quantitative estimate of drug-likeness (QED) is 0.0838. The van der Waals surface area contributed by atoms with Crippen molar-refractivity contribution in [3.8, 4) is 5.75 Å². The molecule has 1 aromatic carbocycles. The second-order valence-corrected chi connectivity index (χ2v) is 9.85. The van der Waals surface area contributed by atoms with Crippen LogP contribution in [0, 0.1) is 0 Å². The Morgan fingerprint density at radius 1 is 0.650 bits per heavy atom. The Balaban J connectivity index is 3.09. The minimum Gasteiger partial charge on any atom is -0.508 e. The zero-order valence-electron chi connectivity index (χ0n) is 23.1. The molecule has 0 aliphatic heterocycles. The summed E-state index contributed by atoms with van der Waals surface area (Å²) in [5.41, 5.74) is 23.2. The summed E-state index contributed by atoms with van der Waals surface area (Å²) in [5.74, 6) is -2.95. The van der Waals surface area contributed by atoms with Crippen molar-refractivity contribution in [1.82, 2.24) is 16.0 Å². The Bertz CT molecular complexity index is 915. The molecule has 3 amide bonds. The molecule has 13 heteroatoms. The van der Waals surface area contributed by atoms with Crippen LogP contribution >= 0.6 is 0 Å². The lowest BCUT2D eigenvalue weighted by Gasteiger charge is -2.25. The van der Waals surface area contributed by atoms with Crippen LogP contribution < -0.4 is 38.9 Å². The van der Waals surface area contributed by atoms with Gasteiger partial charge in [-0.15, -0.1) is 0 Å². The van der Waals surface area contributed by atoms with Gasteiger partial charge in [0.15, 0.2) is 0 Å². The molecule has 226 valence electrons. The van der Waals surface area contributed by atoms with E-state index >= 15 is 0 Å². The maximum Gasteiger partial charge on any atom is 0.326 e. The monoisotopic (exact) mass is 565 g/mol. The molecule has 0 unspecified atom stereocenters. The van der Waals surface area contributed by atoms with Crippen molar-refractivity contribution in [3.63, 3.8) is 0 Å². The zero-order valence-corrected chi connectivity index (χ0v) is 23.1. The van der Waals surface area contributed by atoms with E-state index in [0.717, 1.165) is 6.42 Å². The first-order chi connectivity index (χ1) is 19.1. The molecule has 13 N–H and O–H groups in total. The Hall–Kier alpha value is -3.26. The van der Waals surface area contributed by atoms with Crippen LogP contribution in [-0.4, -0.2) is 77.7 Å². The van der Waals surface area contributed by atoms with E-state index in [-0.39, 0.29) is 25.0 Å². The summed E-state index contributed by atoms with van der Waals surface area (Å²) in [6.07, 6.45) is 4.56. The number of carbonyl (C=O) groups excluding carboxylic acids is 3. The number of phenols is 1. The molecule has 1 rings (SSSR count). The maximum atomic E-state index is 13.4. The van der Waals surface area contributed by atoms with Crippen LogP contribution in [0.4, 0.5) is 0 Å². The number of benzene rings is 1. The van der Waals surface area contributed by atoms with E-state index in [0.29, 0.717) is 63.7 Å². The predicted octanol–water partition coefficient (Wildman–Crippen LogP) is -0.812. The summed E-state index contributed by atoms with van der Waals surface area (Å²) in [5, 5.41) is 27.1. The number of amides is 3. The molecule has 0 fully saturated rings. The number of carboxylic acids is 1. The SMILES string of the molecule is NCCCC[C@H](NC(=O)[C@H](Cc1ccc(O)cc1)NC(=O)[C@H](CCCCN)NC(=O)[C@@H](N)CCCCN)C(=O)O. The van der Waals surface area contributed by atoms with Gasteiger partial charge in [-0.25, -0.2) is 4.79 Å². The Morgan fingerprint density at radius 2 is 1.10 bits per heavy atom. The Kier molecular flexibility index (Phi) is 17.2. The number of unbranched alkanes of at least 4 members (excludes halogenated alkanes) is 3. The van der Waals surface area contributed by atoms with Gasteiger partial charge in [0.05, 0.1) is 6.04 Å². The second-order valence-electron chi connectivity index (χ2n) is 9.85. The van der Waals surface area contributed by atoms with E-state index in [1.807, 2.05) is 0 Å². The molecule has 0 bridgehead atoms. The number of nitrogens with two attached hydrogens (primary N) is 4. The van der Waals surface area contributed by atoms with Gasteiger partial charge in [-0.3, -0.25) is 14.4 Å². The molecule has 40 heavy (non-hydrogen) atoms. The van der Waals surface area contributed by atoms with E-state index in [2.05, 4.69) is 16.0 Å². The fourth-order valence-electron chi connectivity index (χ4n) is 4.05. The number of hydrogen-bond acceptors (Lipinski definition) is 9. The molecule has 0 aliphatic rings. The molecule has 4 atom stereocenters. The standard InChI is InChI=1S/C27H47N7O6/c28-14-4-1-7-20(31)24(36)32-21(8-2-5-15-29)25(37)34-23(17-18-10-12-19(35)13-11-18)26(38)33-22(27(39)40)9-3-6-16-30/h10-13,20-23,35H,1-9,14-17,28-31H2,(H,32,36)(H,33,38)(H,34,37)(H,39,40)/t20-,21-,22-,23-/m0/s1. The highest BCUT2D eigenvalue weighted by atomic mass is 16.4. The summed E-state index contributed by atoms with van der Waals surface area (Å²) >= 11 is 0. The van der Waals surface area contributed by atoms with Crippen molar-refractivity contribution in [2.24, 2.45) is 22.9 Å². The Labute approximate surface area is 235 Å². The fourth-order valence-corrected chi connectivity index (χ4v) is 4.05. The van der Waals surface area contributed by atoms with E-state index in [4.69, 9.17) is 22.9 Å². The number of aromatic hydroxyl groups is 1. The van der Waals surface area contributed by atoms with Crippen molar-refractivity contribution in [3.05, 3.63) is 29.8 Å². The Morgan fingerprint density at radius 3 is 1.62 bits per heavy atom. The summed E-state index contributed by atoms with van der Waals surface area (Å²) in [4.78, 5) is 51.1. The summed E-state index contributed by atoms with van der Waals surface area (Å²) < 4.78 is 0. The van der Waals surface area contributed by atoms with E-state index in [9.17, 15) is 29.4 Å². The largest absolute Gasteiger partial charge is 0.508 e. The first-order valence-electron chi connectivity index (χ1n) is 13.9. The van der Waals surface area contributed by atoms with Crippen LogP contribution in [0.15, 0.2) is 24.3 Å². The third-order valence-electron chi connectivity index (χ3n) is 6.46. The third kappa shape index (κ3) is 13.7. The van der Waals surface area contributed by atoms with Crippen molar-refractivity contribution >= 4 is 23.7 Å². The van der Waals surface area contributed by atoms with Gasteiger partial charge in [0.2, 0.25) is 17.7 Å². The maximum absolute atomic E-state index is 13.4. The van der Waals surface area contributed by atoms with E-state index < -0.39 is 47.9 Å². The molecular formula is C27H47N7O6.